The van der Waals surface area contributed by atoms with E-state index in [1.54, 1.807) is 18.7 Å². The first kappa shape index (κ1) is 18.1. The monoisotopic (exact) mass is 391 g/mol. The van der Waals surface area contributed by atoms with Crippen molar-refractivity contribution in [3.05, 3.63) is 61.4 Å². The predicted molar refractivity (Wildman–Crippen MR) is 100 cm³/mol. The number of benzene rings is 2. The smallest absolute Gasteiger partial charge is 0.286 e. The minimum absolute atomic E-state index is 0.149. The van der Waals surface area contributed by atoms with Crippen LogP contribution in [0.5, 0.6) is 5.75 Å². The van der Waals surface area contributed by atoms with Crippen LogP contribution in [0.25, 0.3) is 10.2 Å². The normalized spacial score (nSPS) is 11.8. The SMILES string of the molecule is COc1ccc(C)c2sc(=NC(=O)c3cc(Cl)ccc3[N+](=O)[O-])n(C)c12. The quantitative estimate of drug-likeness (QED) is 0.501. The van der Waals surface area contributed by atoms with Gasteiger partial charge in [-0.15, -0.1) is 0 Å². The van der Waals surface area contributed by atoms with Crippen LogP contribution in [-0.2, 0) is 7.05 Å². The molecule has 1 heterocycles. The Balaban J connectivity index is 2.22. The van der Waals surface area contributed by atoms with Gasteiger partial charge in [0.05, 0.1) is 16.7 Å². The molecule has 0 unspecified atom stereocenters. The molecule has 134 valence electrons. The Morgan fingerprint density at radius 1 is 1.35 bits per heavy atom. The van der Waals surface area contributed by atoms with E-state index in [1.165, 1.54) is 29.5 Å². The summed E-state index contributed by atoms with van der Waals surface area (Å²) in [6.07, 6.45) is 0. The van der Waals surface area contributed by atoms with Gasteiger partial charge in [0.15, 0.2) is 4.80 Å². The molecule has 1 amide bonds. The van der Waals surface area contributed by atoms with Crippen LogP contribution in [-0.4, -0.2) is 22.5 Å². The highest BCUT2D eigenvalue weighted by Gasteiger charge is 2.21. The van der Waals surface area contributed by atoms with Crippen LogP contribution in [0.1, 0.15) is 15.9 Å². The van der Waals surface area contributed by atoms with Crippen molar-refractivity contribution in [3.63, 3.8) is 0 Å². The lowest BCUT2D eigenvalue weighted by molar-refractivity contribution is -0.385. The lowest BCUT2D eigenvalue weighted by Gasteiger charge is -2.05. The fraction of sp³-hybridized carbons (Fsp3) is 0.176. The zero-order valence-electron chi connectivity index (χ0n) is 14.1. The van der Waals surface area contributed by atoms with Gasteiger partial charge in [0.2, 0.25) is 0 Å². The van der Waals surface area contributed by atoms with Crippen molar-refractivity contribution >= 4 is 44.7 Å². The van der Waals surface area contributed by atoms with E-state index in [2.05, 4.69) is 4.99 Å². The van der Waals surface area contributed by atoms with E-state index in [1.807, 2.05) is 19.1 Å². The number of nitro benzene ring substituents is 1. The number of ether oxygens (including phenoxy) is 1. The van der Waals surface area contributed by atoms with E-state index >= 15 is 0 Å². The first-order valence-corrected chi connectivity index (χ1v) is 8.69. The summed E-state index contributed by atoms with van der Waals surface area (Å²) in [7, 11) is 3.33. The minimum Gasteiger partial charge on any atom is -0.495 e. The second kappa shape index (κ2) is 6.89. The number of halogens is 1. The maximum atomic E-state index is 12.6. The Morgan fingerprint density at radius 3 is 2.73 bits per heavy atom. The Bertz CT molecular complexity index is 1120. The van der Waals surface area contributed by atoms with Gasteiger partial charge in [0, 0.05) is 18.1 Å². The topological polar surface area (TPSA) is 86.7 Å². The van der Waals surface area contributed by atoms with Gasteiger partial charge < -0.3 is 9.30 Å². The molecule has 0 radical (unpaired) electrons. The summed E-state index contributed by atoms with van der Waals surface area (Å²) < 4.78 is 8.05. The third-order valence-electron chi connectivity index (χ3n) is 3.91. The number of nitrogens with zero attached hydrogens (tertiary/aromatic N) is 3. The maximum absolute atomic E-state index is 12.6. The summed E-state index contributed by atoms with van der Waals surface area (Å²) >= 11 is 7.20. The highest BCUT2D eigenvalue weighted by atomic mass is 35.5. The Kier molecular flexibility index (Phi) is 4.80. The molecule has 0 saturated carbocycles. The maximum Gasteiger partial charge on any atom is 0.286 e. The molecule has 0 aliphatic heterocycles. The molecule has 0 fully saturated rings. The van der Waals surface area contributed by atoms with Gasteiger partial charge in [-0.05, 0) is 30.7 Å². The van der Waals surface area contributed by atoms with Crippen LogP contribution in [0.15, 0.2) is 35.3 Å². The van der Waals surface area contributed by atoms with Crippen LogP contribution in [0.2, 0.25) is 5.02 Å². The van der Waals surface area contributed by atoms with Gasteiger partial charge in [-0.2, -0.15) is 4.99 Å². The molecule has 3 rings (SSSR count). The number of methoxy groups -OCH3 is 1. The summed E-state index contributed by atoms with van der Waals surface area (Å²) in [5.74, 6) is -0.0649. The molecule has 0 aliphatic carbocycles. The molecule has 1 aromatic heterocycles. The van der Waals surface area contributed by atoms with Crippen LogP contribution in [0.4, 0.5) is 5.69 Å². The van der Waals surface area contributed by atoms with Crippen molar-refractivity contribution in [3.8, 4) is 5.75 Å². The molecule has 26 heavy (non-hydrogen) atoms. The first-order chi connectivity index (χ1) is 12.3. The number of hydrogen-bond acceptors (Lipinski definition) is 5. The number of carbonyl (C=O) groups is 1. The molecular formula is C17H14ClN3O4S. The zero-order chi connectivity index (χ0) is 19.0. The average molecular weight is 392 g/mol. The number of aryl methyl sites for hydroxylation is 2. The lowest BCUT2D eigenvalue weighted by Crippen LogP contribution is -2.14. The molecule has 0 spiro atoms. The third kappa shape index (κ3) is 3.09. The summed E-state index contributed by atoms with van der Waals surface area (Å²) in [6.45, 7) is 1.95. The van der Waals surface area contributed by atoms with Crippen LogP contribution < -0.4 is 9.54 Å². The minimum atomic E-state index is -0.724. The first-order valence-electron chi connectivity index (χ1n) is 7.49. The summed E-state index contributed by atoms with van der Waals surface area (Å²) in [6, 6.07) is 7.58. The fourth-order valence-electron chi connectivity index (χ4n) is 2.60. The van der Waals surface area contributed by atoms with Gasteiger partial charge in [-0.3, -0.25) is 14.9 Å². The Morgan fingerprint density at radius 2 is 2.08 bits per heavy atom. The Hall–Kier alpha value is -2.71. The van der Waals surface area contributed by atoms with E-state index in [-0.39, 0.29) is 16.3 Å². The average Bonchev–Trinajstić information content (AvgIpc) is 2.93. The fourth-order valence-corrected chi connectivity index (χ4v) is 3.88. The molecule has 3 aromatic rings. The molecule has 7 nitrogen and oxygen atoms in total. The summed E-state index contributed by atoms with van der Waals surface area (Å²) in [5, 5.41) is 11.4. The van der Waals surface area contributed by atoms with Gasteiger partial charge in [-0.25, -0.2) is 0 Å². The predicted octanol–water partition coefficient (Wildman–Crippen LogP) is 3.86. The van der Waals surface area contributed by atoms with E-state index < -0.39 is 10.8 Å². The van der Waals surface area contributed by atoms with E-state index in [0.717, 1.165) is 15.8 Å². The number of hydrogen-bond donors (Lipinski definition) is 0. The van der Waals surface area contributed by atoms with Gasteiger partial charge in [0.1, 0.15) is 16.8 Å². The van der Waals surface area contributed by atoms with Crippen LogP contribution in [0.3, 0.4) is 0 Å². The summed E-state index contributed by atoms with van der Waals surface area (Å²) in [4.78, 5) is 27.6. The second-order valence-corrected chi connectivity index (χ2v) is 6.96. The molecule has 0 saturated heterocycles. The number of amides is 1. The highest BCUT2D eigenvalue weighted by molar-refractivity contribution is 7.16. The largest absolute Gasteiger partial charge is 0.495 e. The van der Waals surface area contributed by atoms with E-state index in [4.69, 9.17) is 16.3 Å². The van der Waals surface area contributed by atoms with Gasteiger partial charge >= 0.3 is 0 Å². The van der Waals surface area contributed by atoms with Crippen molar-refractivity contribution in [2.75, 3.05) is 7.11 Å². The van der Waals surface area contributed by atoms with E-state index in [0.29, 0.717) is 10.6 Å². The van der Waals surface area contributed by atoms with Crippen LogP contribution in [0, 0.1) is 17.0 Å². The van der Waals surface area contributed by atoms with Crippen molar-refractivity contribution in [1.82, 2.24) is 4.57 Å². The highest BCUT2D eigenvalue weighted by Crippen LogP contribution is 2.30. The zero-order valence-corrected chi connectivity index (χ0v) is 15.7. The summed E-state index contributed by atoms with van der Waals surface area (Å²) in [5.41, 5.74) is 1.35. The number of rotatable bonds is 3. The number of nitro groups is 1. The molecule has 0 N–H and O–H groups in total. The molecule has 2 aromatic carbocycles. The molecule has 9 heteroatoms. The molecule has 0 bridgehead atoms. The van der Waals surface area contributed by atoms with Crippen molar-refractivity contribution in [2.45, 2.75) is 6.92 Å². The lowest BCUT2D eigenvalue weighted by atomic mass is 10.2. The van der Waals surface area contributed by atoms with Crippen molar-refractivity contribution in [1.29, 1.82) is 0 Å². The second-order valence-electron chi connectivity index (χ2n) is 5.54. The number of carbonyl (C=O) groups excluding carboxylic acids is 1. The van der Waals surface area contributed by atoms with Crippen molar-refractivity contribution < 1.29 is 14.5 Å². The van der Waals surface area contributed by atoms with Crippen LogP contribution >= 0.6 is 22.9 Å². The number of aromatic nitrogens is 1. The number of fused-ring (bicyclic) bond motifs is 1. The Labute approximate surface area is 157 Å². The van der Waals surface area contributed by atoms with E-state index in [9.17, 15) is 14.9 Å². The van der Waals surface area contributed by atoms with Crippen molar-refractivity contribution in [2.24, 2.45) is 12.0 Å². The molecule has 0 aliphatic rings. The molecule has 0 atom stereocenters. The van der Waals surface area contributed by atoms with Gasteiger partial charge in [-0.1, -0.05) is 29.0 Å². The number of thiazole rings is 1. The standard InChI is InChI=1S/C17H14ClN3O4S/c1-9-4-7-13(25-3)14-15(9)26-17(20(14)2)19-16(22)11-8-10(18)5-6-12(11)21(23)24/h4-8H,1-3H3. The van der Waals surface area contributed by atoms with Gasteiger partial charge in [0.25, 0.3) is 11.6 Å². The molecular weight excluding hydrogens is 378 g/mol. The third-order valence-corrected chi connectivity index (χ3v) is 5.41.